The summed E-state index contributed by atoms with van der Waals surface area (Å²) < 4.78 is 40.0. The van der Waals surface area contributed by atoms with Crippen LogP contribution in [0.5, 0.6) is 0 Å². The first kappa shape index (κ1) is 14.7. The number of rotatable bonds is 4. The highest BCUT2D eigenvalue weighted by molar-refractivity contribution is 7.89. The summed E-state index contributed by atoms with van der Waals surface area (Å²) in [6.45, 7) is 0.449. The maximum Gasteiger partial charge on any atom is 0.242 e. The molecule has 1 aromatic rings. The van der Waals surface area contributed by atoms with E-state index in [0.717, 1.165) is 31.4 Å². The van der Waals surface area contributed by atoms with Crippen LogP contribution in [0, 0.1) is 11.7 Å². The number of hydrogen-bond acceptors (Lipinski definition) is 3. The zero-order chi connectivity index (χ0) is 14.0. The third kappa shape index (κ3) is 3.25. The molecule has 4 nitrogen and oxygen atoms in total. The molecular formula is C12H16ClFN2O2S. The van der Waals surface area contributed by atoms with Gasteiger partial charge in [-0.05, 0) is 43.5 Å². The van der Waals surface area contributed by atoms with E-state index in [0.29, 0.717) is 6.54 Å². The molecule has 0 spiro atoms. The summed E-state index contributed by atoms with van der Waals surface area (Å²) in [5.41, 5.74) is 5.62. The summed E-state index contributed by atoms with van der Waals surface area (Å²) in [4.78, 5) is -0.0989. The van der Waals surface area contributed by atoms with Crippen molar-refractivity contribution in [3.63, 3.8) is 0 Å². The molecule has 1 fully saturated rings. The molecule has 0 radical (unpaired) electrons. The lowest BCUT2D eigenvalue weighted by molar-refractivity contribution is 0.453. The highest BCUT2D eigenvalue weighted by atomic mass is 35.5. The van der Waals surface area contributed by atoms with Crippen molar-refractivity contribution in [1.29, 1.82) is 0 Å². The molecule has 1 aliphatic carbocycles. The summed E-state index contributed by atoms with van der Waals surface area (Å²) in [6, 6.07) is 3.07. The summed E-state index contributed by atoms with van der Waals surface area (Å²) in [6.07, 6.45) is 2.63. The number of nitrogens with two attached hydrogens (primary N) is 1. The molecule has 2 atom stereocenters. The Kier molecular flexibility index (Phi) is 4.45. The lowest BCUT2D eigenvalue weighted by Crippen LogP contribution is -2.39. The molecule has 2 rings (SSSR count). The van der Waals surface area contributed by atoms with Crippen LogP contribution in [0.15, 0.2) is 23.1 Å². The Morgan fingerprint density at radius 3 is 2.79 bits per heavy atom. The fourth-order valence-electron chi connectivity index (χ4n) is 2.43. The first-order valence-corrected chi connectivity index (χ1v) is 7.97. The highest BCUT2D eigenvalue weighted by Gasteiger charge is 2.31. The van der Waals surface area contributed by atoms with Crippen LogP contribution in [-0.2, 0) is 10.0 Å². The van der Waals surface area contributed by atoms with E-state index >= 15 is 0 Å². The molecule has 1 aromatic carbocycles. The van der Waals surface area contributed by atoms with Gasteiger partial charge in [-0.25, -0.2) is 17.5 Å². The van der Waals surface area contributed by atoms with Gasteiger partial charge < -0.3 is 5.73 Å². The van der Waals surface area contributed by atoms with E-state index in [2.05, 4.69) is 4.72 Å². The van der Waals surface area contributed by atoms with Gasteiger partial charge in [0.15, 0.2) is 0 Å². The number of benzene rings is 1. The second-order valence-electron chi connectivity index (χ2n) is 4.73. The molecule has 1 aliphatic rings. The molecular weight excluding hydrogens is 291 g/mol. The van der Waals surface area contributed by atoms with Crippen LogP contribution in [0.1, 0.15) is 19.3 Å². The third-order valence-electron chi connectivity index (χ3n) is 3.45. The van der Waals surface area contributed by atoms with Crippen LogP contribution < -0.4 is 10.5 Å². The molecule has 19 heavy (non-hydrogen) atoms. The van der Waals surface area contributed by atoms with Gasteiger partial charge in [0.25, 0.3) is 0 Å². The van der Waals surface area contributed by atoms with Gasteiger partial charge in [0.05, 0.1) is 5.02 Å². The summed E-state index contributed by atoms with van der Waals surface area (Å²) >= 11 is 5.79. The molecule has 0 heterocycles. The van der Waals surface area contributed by atoms with E-state index in [4.69, 9.17) is 17.3 Å². The Labute approximate surface area is 117 Å². The maximum absolute atomic E-state index is 12.9. The van der Waals surface area contributed by atoms with Gasteiger partial charge in [0.2, 0.25) is 10.0 Å². The zero-order valence-electron chi connectivity index (χ0n) is 10.3. The van der Waals surface area contributed by atoms with Gasteiger partial charge in [-0.15, -0.1) is 0 Å². The second-order valence-corrected chi connectivity index (χ2v) is 6.82. The van der Waals surface area contributed by atoms with Gasteiger partial charge >= 0.3 is 0 Å². The van der Waals surface area contributed by atoms with E-state index in [1.807, 2.05) is 0 Å². The average Bonchev–Trinajstić information content (AvgIpc) is 2.74. The van der Waals surface area contributed by atoms with E-state index in [1.165, 1.54) is 6.07 Å². The van der Waals surface area contributed by atoms with Gasteiger partial charge in [-0.2, -0.15) is 0 Å². The summed E-state index contributed by atoms with van der Waals surface area (Å²) in [5.74, 6) is -0.418. The molecule has 106 valence electrons. The number of halogens is 2. The van der Waals surface area contributed by atoms with E-state index < -0.39 is 15.8 Å². The molecule has 0 amide bonds. The van der Waals surface area contributed by atoms with Gasteiger partial charge in [0.1, 0.15) is 10.7 Å². The molecule has 0 aliphatic heterocycles. The number of hydrogen-bond donors (Lipinski definition) is 2. The molecule has 0 saturated heterocycles. The Morgan fingerprint density at radius 1 is 1.42 bits per heavy atom. The Morgan fingerprint density at radius 2 is 2.16 bits per heavy atom. The predicted octanol–water partition coefficient (Wildman–Crippen LogP) is 1.88. The SMILES string of the molecule is NC[C@@H]1CCC[C@@H]1NS(=O)(=O)c1ccc(F)cc1Cl. The zero-order valence-corrected chi connectivity index (χ0v) is 11.8. The highest BCUT2D eigenvalue weighted by Crippen LogP contribution is 2.28. The monoisotopic (exact) mass is 306 g/mol. The smallest absolute Gasteiger partial charge is 0.242 e. The minimum absolute atomic E-state index is 0.0989. The standard InChI is InChI=1S/C12H16ClFN2O2S/c13-10-6-9(14)4-5-12(10)19(17,18)16-11-3-1-2-8(11)7-15/h4-6,8,11,16H,1-3,7,15H2/t8-,11-/m0/s1. The first-order valence-electron chi connectivity index (χ1n) is 6.11. The van der Waals surface area contributed by atoms with Crippen molar-refractivity contribution in [3.05, 3.63) is 29.0 Å². The lowest BCUT2D eigenvalue weighted by Gasteiger charge is -2.19. The Bertz CT molecular complexity index is 565. The Balaban J connectivity index is 2.23. The topological polar surface area (TPSA) is 72.2 Å². The van der Waals surface area contributed by atoms with E-state index in [9.17, 15) is 12.8 Å². The first-order chi connectivity index (χ1) is 8.94. The lowest BCUT2D eigenvalue weighted by atomic mass is 10.1. The quantitative estimate of drug-likeness (QED) is 0.892. The number of nitrogens with one attached hydrogen (secondary N) is 1. The van der Waals surface area contributed by atoms with Crippen LogP contribution >= 0.6 is 11.6 Å². The second kappa shape index (κ2) is 5.75. The van der Waals surface area contributed by atoms with Crippen LogP contribution in [0.3, 0.4) is 0 Å². The molecule has 0 bridgehead atoms. The van der Waals surface area contributed by atoms with Gasteiger partial charge in [-0.1, -0.05) is 18.0 Å². The third-order valence-corrected chi connectivity index (χ3v) is 5.42. The minimum Gasteiger partial charge on any atom is -0.330 e. The molecule has 0 unspecified atom stereocenters. The normalized spacial score (nSPS) is 23.7. The van der Waals surface area contributed by atoms with Crippen LogP contribution in [0.25, 0.3) is 0 Å². The van der Waals surface area contributed by atoms with Crippen LogP contribution in [0.2, 0.25) is 5.02 Å². The largest absolute Gasteiger partial charge is 0.330 e. The van der Waals surface area contributed by atoms with Crippen molar-refractivity contribution in [2.45, 2.75) is 30.2 Å². The fourth-order valence-corrected chi connectivity index (χ4v) is 4.30. The van der Waals surface area contributed by atoms with Gasteiger partial charge in [-0.3, -0.25) is 0 Å². The van der Waals surface area contributed by atoms with Crippen molar-refractivity contribution in [3.8, 4) is 0 Å². The number of sulfonamides is 1. The van der Waals surface area contributed by atoms with Crippen molar-refractivity contribution in [2.75, 3.05) is 6.54 Å². The minimum atomic E-state index is -3.74. The maximum atomic E-state index is 12.9. The van der Waals surface area contributed by atoms with Gasteiger partial charge in [0, 0.05) is 6.04 Å². The van der Waals surface area contributed by atoms with Crippen molar-refractivity contribution in [2.24, 2.45) is 11.7 Å². The summed E-state index contributed by atoms with van der Waals surface area (Å²) in [7, 11) is -3.74. The van der Waals surface area contributed by atoms with E-state index in [-0.39, 0.29) is 21.9 Å². The van der Waals surface area contributed by atoms with Crippen molar-refractivity contribution < 1.29 is 12.8 Å². The Hall–Kier alpha value is -0.690. The van der Waals surface area contributed by atoms with Crippen LogP contribution in [-0.4, -0.2) is 21.0 Å². The molecule has 3 N–H and O–H groups in total. The molecule has 0 aromatic heterocycles. The van der Waals surface area contributed by atoms with Crippen molar-refractivity contribution >= 4 is 21.6 Å². The van der Waals surface area contributed by atoms with E-state index in [1.54, 1.807) is 0 Å². The summed E-state index contributed by atoms with van der Waals surface area (Å²) in [5, 5.41) is -0.116. The van der Waals surface area contributed by atoms with Crippen molar-refractivity contribution in [1.82, 2.24) is 4.72 Å². The molecule has 7 heteroatoms. The predicted molar refractivity (Wildman–Crippen MR) is 71.9 cm³/mol. The van der Waals surface area contributed by atoms with Crippen LogP contribution in [0.4, 0.5) is 4.39 Å². The molecule has 1 saturated carbocycles. The average molecular weight is 307 g/mol. The fraction of sp³-hybridized carbons (Fsp3) is 0.500.